The Morgan fingerprint density at radius 2 is 2.03 bits per heavy atom. The Hall–Kier alpha value is -3.50. The smallest absolute Gasteiger partial charge is 0.269 e. The molecule has 4 rings (SSSR count). The van der Waals surface area contributed by atoms with Crippen molar-refractivity contribution in [2.45, 2.75) is 13.0 Å². The van der Waals surface area contributed by atoms with Gasteiger partial charge in [-0.2, -0.15) is 20.3 Å². The lowest BCUT2D eigenvalue weighted by Gasteiger charge is -2.08. The number of amides is 1. The second-order valence-corrected chi connectivity index (χ2v) is 7.59. The van der Waals surface area contributed by atoms with Gasteiger partial charge in [0.05, 0.1) is 22.0 Å². The highest BCUT2D eigenvalue weighted by Crippen LogP contribution is 2.32. The lowest BCUT2D eigenvalue weighted by atomic mass is 10.1. The number of hydrazone groups is 1. The van der Waals surface area contributed by atoms with Crippen molar-refractivity contribution in [3.05, 3.63) is 69.0 Å². The summed E-state index contributed by atoms with van der Waals surface area (Å²) in [5, 5.41) is 27.2. The molecule has 1 aromatic heterocycles. The van der Waals surface area contributed by atoms with E-state index >= 15 is 0 Å². The molecule has 1 amide bonds. The summed E-state index contributed by atoms with van der Waals surface area (Å²) in [6.45, 7) is 1.69. The molecule has 0 saturated carbocycles. The van der Waals surface area contributed by atoms with Gasteiger partial charge in [-0.05, 0) is 25.1 Å². The van der Waals surface area contributed by atoms with Gasteiger partial charge in [-0.1, -0.05) is 29.8 Å². The maximum absolute atomic E-state index is 12.8. The Balaban J connectivity index is 1.55. The monoisotopic (exact) mass is 440 g/mol. The van der Waals surface area contributed by atoms with Crippen LogP contribution >= 0.6 is 22.9 Å². The number of nitro groups is 1. The van der Waals surface area contributed by atoms with Gasteiger partial charge in [-0.25, -0.2) is 4.98 Å². The molecule has 0 saturated heterocycles. The van der Waals surface area contributed by atoms with E-state index < -0.39 is 11.0 Å². The molecule has 0 spiro atoms. The van der Waals surface area contributed by atoms with Crippen LogP contribution in [0.5, 0.6) is 0 Å². The first-order valence-corrected chi connectivity index (χ1v) is 9.94. The molecule has 30 heavy (non-hydrogen) atoms. The number of rotatable bonds is 5. The van der Waals surface area contributed by atoms with Crippen molar-refractivity contribution in [3.63, 3.8) is 0 Å². The predicted octanol–water partition coefficient (Wildman–Crippen LogP) is 5.25. The molecule has 0 aliphatic carbocycles. The summed E-state index contributed by atoms with van der Waals surface area (Å²) >= 11 is 7.14. The maximum Gasteiger partial charge on any atom is 0.282 e. The molecule has 0 radical (unpaired) electrons. The van der Waals surface area contributed by atoms with Crippen molar-refractivity contribution in [2.75, 3.05) is 5.01 Å². The molecule has 3 aromatic rings. The van der Waals surface area contributed by atoms with Gasteiger partial charge >= 0.3 is 0 Å². The van der Waals surface area contributed by atoms with Gasteiger partial charge < -0.3 is 0 Å². The Morgan fingerprint density at radius 1 is 1.23 bits per heavy atom. The van der Waals surface area contributed by atoms with Crippen molar-refractivity contribution >= 4 is 51.1 Å². The summed E-state index contributed by atoms with van der Waals surface area (Å²) in [6.07, 6.45) is 0. The molecule has 1 atom stereocenters. The molecule has 0 bridgehead atoms. The number of benzene rings is 2. The van der Waals surface area contributed by atoms with Crippen LogP contribution in [0.15, 0.2) is 69.2 Å². The average molecular weight is 441 g/mol. The normalized spacial score (nSPS) is 16.3. The highest BCUT2D eigenvalue weighted by atomic mass is 35.5. The Morgan fingerprint density at radius 3 is 2.80 bits per heavy atom. The molecular weight excluding hydrogens is 428 g/mol. The van der Waals surface area contributed by atoms with E-state index in [1.807, 2.05) is 0 Å². The summed E-state index contributed by atoms with van der Waals surface area (Å²) in [4.78, 5) is 27.7. The zero-order chi connectivity index (χ0) is 21.3. The summed E-state index contributed by atoms with van der Waals surface area (Å²) < 4.78 is 0. The number of nitro benzene ring substituents is 1. The molecule has 0 N–H and O–H groups in total. The fourth-order valence-electron chi connectivity index (χ4n) is 2.76. The van der Waals surface area contributed by atoms with Crippen LogP contribution in [0, 0.1) is 10.1 Å². The number of non-ortho nitro benzene ring substituents is 1. The molecule has 9 nitrogen and oxygen atoms in total. The Bertz CT molecular complexity index is 1210. The summed E-state index contributed by atoms with van der Waals surface area (Å²) in [5.74, 6) is -0.377. The third kappa shape index (κ3) is 3.95. The molecule has 2 aromatic carbocycles. The van der Waals surface area contributed by atoms with Crippen LogP contribution in [0.2, 0.25) is 5.02 Å². The lowest BCUT2D eigenvalue weighted by Crippen LogP contribution is -2.29. The van der Waals surface area contributed by atoms with Gasteiger partial charge in [0, 0.05) is 28.1 Å². The van der Waals surface area contributed by atoms with Crippen LogP contribution in [0.25, 0.3) is 11.3 Å². The number of aromatic nitrogens is 1. The zero-order valence-electron chi connectivity index (χ0n) is 15.5. The molecule has 1 aliphatic heterocycles. The highest BCUT2D eigenvalue weighted by molar-refractivity contribution is 7.14. The minimum Gasteiger partial charge on any atom is -0.269 e. The quantitative estimate of drug-likeness (QED) is 0.306. The van der Waals surface area contributed by atoms with Gasteiger partial charge in [-0.15, -0.1) is 11.3 Å². The van der Waals surface area contributed by atoms with Gasteiger partial charge in [0.1, 0.15) is 0 Å². The number of hydrogen-bond acceptors (Lipinski definition) is 8. The third-order valence-electron chi connectivity index (χ3n) is 4.22. The van der Waals surface area contributed by atoms with Crippen molar-refractivity contribution in [2.24, 2.45) is 15.3 Å². The zero-order valence-corrected chi connectivity index (χ0v) is 17.0. The third-order valence-corrected chi connectivity index (χ3v) is 5.27. The molecule has 0 fully saturated rings. The van der Waals surface area contributed by atoms with Crippen LogP contribution in [0.3, 0.4) is 0 Å². The van der Waals surface area contributed by atoms with E-state index in [2.05, 4.69) is 20.3 Å². The lowest BCUT2D eigenvalue weighted by molar-refractivity contribution is -0.384. The SMILES string of the molecule is CC1=NN(c2nc(-c3cccc([N+](=O)[O-])c3)cs2)C(=O)[C@@H]1N=Nc1cccc(Cl)c1. The second kappa shape index (κ2) is 8.09. The minimum atomic E-state index is -0.853. The van der Waals surface area contributed by atoms with E-state index in [0.717, 1.165) is 0 Å². The fraction of sp³-hybridized carbons (Fsp3) is 0.105. The molecule has 1 aliphatic rings. The van der Waals surface area contributed by atoms with Gasteiger partial charge in [-0.3, -0.25) is 14.9 Å². The Labute approximate surface area is 179 Å². The minimum absolute atomic E-state index is 0.0327. The van der Waals surface area contributed by atoms with E-state index in [9.17, 15) is 14.9 Å². The highest BCUT2D eigenvalue weighted by Gasteiger charge is 2.36. The van der Waals surface area contributed by atoms with E-state index in [0.29, 0.717) is 32.8 Å². The van der Waals surface area contributed by atoms with Crippen LogP contribution in [0.4, 0.5) is 16.5 Å². The van der Waals surface area contributed by atoms with Crippen LogP contribution in [0.1, 0.15) is 6.92 Å². The number of halogens is 1. The maximum atomic E-state index is 12.8. The van der Waals surface area contributed by atoms with Crippen molar-refractivity contribution in [1.29, 1.82) is 0 Å². The van der Waals surface area contributed by atoms with Crippen molar-refractivity contribution in [3.8, 4) is 11.3 Å². The topological polar surface area (TPSA) is 113 Å². The van der Waals surface area contributed by atoms with Gasteiger partial charge in [0.2, 0.25) is 5.13 Å². The average Bonchev–Trinajstić information content (AvgIpc) is 3.32. The van der Waals surface area contributed by atoms with Crippen LogP contribution in [-0.4, -0.2) is 27.6 Å². The van der Waals surface area contributed by atoms with E-state index in [1.54, 1.807) is 48.7 Å². The van der Waals surface area contributed by atoms with E-state index in [-0.39, 0.29) is 11.6 Å². The van der Waals surface area contributed by atoms with E-state index in [1.165, 1.54) is 28.5 Å². The first-order chi connectivity index (χ1) is 14.4. The first kappa shape index (κ1) is 19.8. The molecule has 2 heterocycles. The van der Waals surface area contributed by atoms with Crippen LogP contribution < -0.4 is 5.01 Å². The van der Waals surface area contributed by atoms with Crippen molar-refractivity contribution in [1.82, 2.24) is 4.98 Å². The van der Waals surface area contributed by atoms with Gasteiger partial charge in [0.25, 0.3) is 11.6 Å². The number of carbonyl (C=O) groups excluding carboxylic acids is 1. The standard InChI is InChI=1S/C19H13ClN6O3S/c1-11-17(23-22-14-6-3-5-13(20)9-14)18(27)25(24-11)19-21-16(10-30-19)12-4-2-7-15(8-12)26(28)29/h2-10,17H,1H3/t17-/m1/s1. The molecule has 11 heteroatoms. The molecular formula is C19H13ClN6O3S. The summed E-state index contributed by atoms with van der Waals surface area (Å²) in [7, 11) is 0. The largest absolute Gasteiger partial charge is 0.282 e. The number of hydrogen-bond donors (Lipinski definition) is 0. The number of thiazole rings is 1. The van der Waals surface area contributed by atoms with Crippen molar-refractivity contribution < 1.29 is 9.72 Å². The van der Waals surface area contributed by atoms with Gasteiger partial charge in [0.15, 0.2) is 6.04 Å². The first-order valence-electron chi connectivity index (χ1n) is 8.68. The van der Waals surface area contributed by atoms with Crippen LogP contribution in [-0.2, 0) is 4.79 Å². The number of nitrogens with zero attached hydrogens (tertiary/aromatic N) is 6. The number of anilines is 1. The second-order valence-electron chi connectivity index (χ2n) is 6.31. The summed E-state index contributed by atoms with van der Waals surface area (Å²) in [6, 6.07) is 12.1. The Kier molecular flexibility index (Phi) is 5.34. The fourth-order valence-corrected chi connectivity index (χ4v) is 3.73. The molecule has 0 unspecified atom stereocenters. The number of carbonyl (C=O) groups is 1. The number of azo groups is 1. The van der Waals surface area contributed by atoms with E-state index in [4.69, 9.17) is 11.6 Å². The molecule has 150 valence electrons. The predicted molar refractivity (Wildman–Crippen MR) is 115 cm³/mol. The summed E-state index contributed by atoms with van der Waals surface area (Å²) in [5.41, 5.74) is 2.08.